The number of aliphatic carboxylic acids is 1. The number of nitrogens with zero attached hydrogens (tertiary/aromatic N) is 1. The Bertz CT molecular complexity index is 788. The number of hydrogen-bond acceptors (Lipinski definition) is 5. The SMILES string of the molecule is CCSCc1ccc(C(=NNC(=O)CCC(=O)O)c2ccc(Cl)cc2)s1. The number of halogens is 1. The first-order valence-electron chi connectivity index (χ1n) is 8.00. The highest BCUT2D eigenvalue weighted by molar-refractivity contribution is 7.98. The molecule has 2 N–H and O–H groups in total. The molecule has 2 rings (SSSR count). The van der Waals surface area contributed by atoms with Crippen molar-refractivity contribution in [2.45, 2.75) is 25.5 Å². The Hall–Kier alpha value is -1.83. The minimum Gasteiger partial charge on any atom is -0.481 e. The van der Waals surface area contributed by atoms with Crippen LogP contribution in [0.5, 0.6) is 0 Å². The quantitative estimate of drug-likeness (QED) is 0.474. The fourth-order valence-corrected chi connectivity index (χ4v) is 3.98. The Morgan fingerprint density at radius 3 is 2.58 bits per heavy atom. The first-order valence-corrected chi connectivity index (χ1v) is 10.4. The normalized spacial score (nSPS) is 11.4. The molecule has 1 aromatic heterocycles. The van der Waals surface area contributed by atoms with Gasteiger partial charge in [-0.25, -0.2) is 5.43 Å². The van der Waals surface area contributed by atoms with Gasteiger partial charge in [0.1, 0.15) is 5.71 Å². The van der Waals surface area contributed by atoms with Crippen LogP contribution in [0.3, 0.4) is 0 Å². The third-order valence-electron chi connectivity index (χ3n) is 3.32. The number of carbonyl (C=O) groups is 2. The first-order chi connectivity index (χ1) is 12.5. The maximum Gasteiger partial charge on any atom is 0.303 e. The minimum absolute atomic E-state index is 0.116. The summed E-state index contributed by atoms with van der Waals surface area (Å²) in [6.45, 7) is 2.12. The van der Waals surface area contributed by atoms with Crippen LogP contribution in [-0.4, -0.2) is 28.4 Å². The van der Waals surface area contributed by atoms with Crippen molar-refractivity contribution in [1.29, 1.82) is 0 Å². The predicted molar refractivity (Wildman–Crippen MR) is 108 cm³/mol. The lowest BCUT2D eigenvalue weighted by Crippen LogP contribution is -2.20. The number of benzene rings is 1. The van der Waals surface area contributed by atoms with Gasteiger partial charge in [0.05, 0.1) is 11.3 Å². The number of hydrazone groups is 1. The van der Waals surface area contributed by atoms with E-state index in [1.807, 2.05) is 30.0 Å². The van der Waals surface area contributed by atoms with Gasteiger partial charge in [0.25, 0.3) is 0 Å². The van der Waals surface area contributed by atoms with Gasteiger partial charge in [0.2, 0.25) is 5.91 Å². The number of carbonyl (C=O) groups excluding carboxylic acids is 1. The van der Waals surface area contributed by atoms with Gasteiger partial charge in [0, 0.05) is 27.6 Å². The van der Waals surface area contributed by atoms with E-state index in [2.05, 4.69) is 23.5 Å². The Labute approximate surface area is 165 Å². The number of hydrogen-bond donors (Lipinski definition) is 2. The summed E-state index contributed by atoms with van der Waals surface area (Å²) in [7, 11) is 0. The summed E-state index contributed by atoms with van der Waals surface area (Å²) >= 11 is 9.42. The van der Waals surface area contributed by atoms with Gasteiger partial charge in [-0.3, -0.25) is 9.59 Å². The van der Waals surface area contributed by atoms with E-state index in [1.165, 1.54) is 4.88 Å². The van der Waals surface area contributed by atoms with E-state index in [0.29, 0.717) is 10.7 Å². The van der Waals surface area contributed by atoms with E-state index >= 15 is 0 Å². The predicted octanol–water partition coefficient (Wildman–Crippen LogP) is 4.39. The van der Waals surface area contributed by atoms with Gasteiger partial charge in [-0.2, -0.15) is 16.9 Å². The zero-order valence-electron chi connectivity index (χ0n) is 14.2. The molecule has 0 unspecified atom stereocenters. The van der Waals surface area contributed by atoms with E-state index in [0.717, 1.165) is 21.9 Å². The summed E-state index contributed by atoms with van der Waals surface area (Å²) in [5.41, 5.74) is 3.91. The van der Waals surface area contributed by atoms with Gasteiger partial charge in [-0.05, 0) is 30.0 Å². The molecule has 26 heavy (non-hydrogen) atoms. The second-order valence-corrected chi connectivity index (χ2v) is 8.18. The Morgan fingerprint density at radius 1 is 1.19 bits per heavy atom. The highest BCUT2D eigenvalue weighted by atomic mass is 35.5. The van der Waals surface area contributed by atoms with Crippen molar-refractivity contribution in [2.75, 3.05) is 5.75 Å². The molecule has 0 atom stereocenters. The Kier molecular flexibility index (Phi) is 8.15. The molecule has 1 aromatic carbocycles. The zero-order chi connectivity index (χ0) is 18.9. The molecule has 0 fully saturated rings. The van der Waals surface area contributed by atoms with Crippen molar-refractivity contribution in [3.05, 3.63) is 56.7 Å². The number of thioether (sulfide) groups is 1. The fraction of sp³-hybridized carbons (Fsp3) is 0.278. The first kappa shape index (κ1) is 20.5. The van der Waals surface area contributed by atoms with Crippen LogP contribution in [0.4, 0.5) is 0 Å². The van der Waals surface area contributed by atoms with E-state index in [9.17, 15) is 9.59 Å². The number of nitrogens with one attached hydrogen (secondary N) is 1. The van der Waals surface area contributed by atoms with Crippen molar-refractivity contribution in [3.63, 3.8) is 0 Å². The topological polar surface area (TPSA) is 78.8 Å². The van der Waals surface area contributed by atoms with Gasteiger partial charge in [-0.1, -0.05) is 30.7 Å². The third-order valence-corrected chi connectivity index (χ3v) is 5.77. The molecule has 5 nitrogen and oxygen atoms in total. The van der Waals surface area contributed by atoms with E-state index in [4.69, 9.17) is 16.7 Å². The summed E-state index contributed by atoms with van der Waals surface area (Å²) in [6, 6.07) is 11.2. The lowest BCUT2D eigenvalue weighted by Gasteiger charge is -2.06. The van der Waals surface area contributed by atoms with Gasteiger partial charge in [-0.15, -0.1) is 11.3 Å². The average molecular weight is 411 g/mol. The van der Waals surface area contributed by atoms with Gasteiger partial charge in [0.15, 0.2) is 0 Å². The van der Waals surface area contributed by atoms with Crippen LogP contribution in [-0.2, 0) is 15.3 Å². The van der Waals surface area contributed by atoms with Gasteiger partial charge >= 0.3 is 5.97 Å². The Morgan fingerprint density at radius 2 is 1.92 bits per heavy atom. The van der Waals surface area contributed by atoms with Crippen LogP contribution < -0.4 is 5.43 Å². The molecule has 0 aliphatic heterocycles. The number of thiophene rings is 1. The largest absolute Gasteiger partial charge is 0.481 e. The summed E-state index contributed by atoms with van der Waals surface area (Å²) in [5, 5.41) is 13.5. The maximum atomic E-state index is 11.8. The van der Waals surface area contributed by atoms with E-state index < -0.39 is 11.9 Å². The molecule has 0 spiro atoms. The number of carboxylic acid groups (broad SMARTS) is 1. The fourth-order valence-electron chi connectivity index (χ4n) is 2.05. The van der Waals surface area contributed by atoms with E-state index in [1.54, 1.807) is 23.5 Å². The molecule has 0 radical (unpaired) electrons. The molecular formula is C18H19ClN2O3S2. The van der Waals surface area contributed by atoms with Gasteiger partial charge < -0.3 is 5.11 Å². The summed E-state index contributed by atoms with van der Waals surface area (Å²) in [6.07, 6.45) is -0.343. The minimum atomic E-state index is -1.02. The third kappa shape index (κ3) is 6.48. The summed E-state index contributed by atoms with van der Waals surface area (Å²) in [5.74, 6) is 0.529. The molecule has 0 aliphatic carbocycles. The molecule has 0 saturated carbocycles. The molecule has 2 aromatic rings. The molecule has 138 valence electrons. The molecule has 0 saturated heterocycles. The van der Waals surface area contributed by atoms with Crippen LogP contribution in [0.25, 0.3) is 0 Å². The van der Waals surface area contributed by atoms with Crippen LogP contribution in [0.15, 0.2) is 41.5 Å². The monoisotopic (exact) mass is 410 g/mol. The molecule has 0 bridgehead atoms. The molecule has 8 heteroatoms. The standard InChI is InChI=1S/C18H19ClN2O3S2/c1-2-25-11-14-7-8-15(26-14)18(12-3-5-13(19)6-4-12)21-20-16(22)9-10-17(23)24/h3-8H,2,9-11H2,1H3,(H,20,22)(H,23,24). The van der Waals surface area contributed by atoms with Crippen molar-refractivity contribution < 1.29 is 14.7 Å². The van der Waals surface area contributed by atoms with Crippen LogP contribution in [0, 0.1) is 0 Å². The second-order valence-electron chi connectivity index (χ2n) is 5.30. The number of rotatable bonds is 9. The zero-order valence-corrected chi connectivity index (χ0v) is 16.6. The summed E-state index contributed by atoms with van der Waals surface area (Å²) in [4.78, 5) is 24.5. The highest BCUT2D eigenvalue weighted by Crippen LogP contribution is 2.25. The number of amides is 1. The van der Waals surface area contributed by atoms with Crippen LogP contribution in [0.2, 0.25) is 5.02 Å². The molecule has 0 aliphatic rings. The maximum absolute atomic E-state index is 11.8. The smallest absolute Gasteiger partial charge is 0.303 e. The second kappa shape index (κ2) is 10.4. The molecule has 1 amide bonds. The van der Waals surface area contributed by atoms with Crippen molar-refractivity contribution in [3.8, 4) is 0 Å². The van der Waals surface area contributed by atoms with E-state index in [-0.39, 0.29) is 12.8 Å². The lowest BCUT2D eigenvalue weighted by atomic mass is 10.1. The van der Waals surface area contributed by atoms with Crippen molar-refractivity contribution in [2.24, 2.45) is 5.10 Å². The highest BCUT2D eigenvalue weighted by Gasteiger charge is 2.12. The van der Waals surface area contributed by atoms with Crippen LogP contribution >= 0.6 is 34.7 Å². The van der Waals surface area contributed by atoms with Crippen LogP contribution in [0.1, 0.15) is 35.1 Å². The molecule has 1 heterocycles. The molecular weight excluding hydrogens is 392 g/mol. The average Bonchev–Trinajstić information content (AvgIpc) is 3.08. The van der Waals surface area contributed by atoms with Crippen molar-refractivity contribution >= 4 is 52.3 Å². The van der Waals surface area contributed by atoms with Crippen molar-refractivity contribution in [1.82, 2.24) is 5.43 Å². The lowest BCUT2D eigenvalue weighted by molar-refractivity contribution is -0.138. The summed E-state index contributed by atoms with van der Waals surface area (Å²) < 4.78 is 0. The number of carboxylic acids is 1. The Balaban J connectivity index is 2.22.